The number of nitrogens with zero attached hydrogens (tertiary/aromatic N) is 1. The number of esters is 1. The number of hydrogen-bond donors (Lipinski definition) is 0. The van der Waals surface area contributed by atoms with Gasteiger partial charge in [0.25, 0.3) is 0 Å². The summed E-state index contributed by atoms with van der Waals surface area (Å²) in [5.41, 5.74) is 6.14. The molecule has 0 radical (unpaired) electrons. The van der Waals surface area contributed by atoms with E-state index in [0.29, 0.717) is 50.6 Å². The number of benzene rings is 3. The first kappa shape index (κ1) is 26.9. The summed E-state index contributed by atoms with van der Waals surface area (Å²) in [7, 11) is 0. The molecule has 6 nitrogen and oxygen atoms in total. The predicted octanol–water partition coefficient (Wildman–Crippen LogP) is 5.59. The second-order valence-corrected chi connectivity index (χ2v) is 9.88. The van der Waals surface area contributed by atoms with Gasteiger partial charge in [0.2, 0.25) is 5.91 Å². The van der Waals surface area contributed by atoms with Crippen molar-refractivity contribution in [3.8, 4) is 16.9 Å². The van der Waals surface area contributed by atoms with Crippen molar-refractivity contribution >= 4 is 11.9 Å². The summed E-state index contributed by atoms with van der Waals surface area (Å²) in [5, 5.41) is 0. The molecule has 3 aromatic rings. The summed E-state index contributed by atoms with van der Waals surface area (Å²) in [6, 6.07) is 17.0. The fourth-order valence-corrected chi connectivity index (χ4v) is 5.58. The largest absolute Gasteiger partial charge is 0.493 e. The van der Waals surface area contributed by atoms with Gasteiger partial charge in [-0.1, -0.05) is 42.5 Å². The molecule has 3 aromatic carbocycles. The van der Waals surface area contributed by atoms with Gasteiger partial charge in [-0.05, 0) is 72.2 Å². The summed E-state index contributed by atoms with van der Waals surface area (Å²) < 4.78 is 32.0. The first-order valence-corrected chi connectivity index (χ1v) is 13.7. The van der Waals surface area contributed by atoms with Crippen LogP contribution in [0.1, 0.15) is 54.2 Å². The molecule has 0 bridgehead atoms. The summed E-state index contributed by atoms with van der Waals surface area (Å²) in [5.74, 6) is 0.0454. The molecule has 0 aromatic heterocycles. The van der Waals surface area contributed by atoms with Crippen molar-refractivity contribution in [1.82, 2.24) is 4.90 Å². The minimum atomic E-state index is -0.300. The molecule has 2 heterocycles. The van der Waals surface area contributed by atoms with Gasteiger partial charge in [0.05, 0.1) is 38.8 Å². The van der Waals surface area contributed by atoms with Crippen LogP contribution in [0.4, 0.5) is 4.39 Å². The van der Waals surface area contributed by atoms with Gasteiger partial charge in [-0.25, -0.2) is 4.39 Å². The number of fused-ring (bicyclic) bond motifs is 2. The number of rotatable bonds is 8. The Labute approximate surface area is 228 Å². The molecule has 2 aliphatic rings. The van der Waals surface area contributed by atoms with Crippen LogP contribution in [-0.4, -0.2) is 43.1 Å². The average molecular weight is 532 g/mol. The fraction of sp³-hybridized carbons (Fsp3) is 0.375. The van der Waals surface area contributed by atoms with E-state index in [9.17, 15) is 14.0 Å². The van der Waals surface area contributed by atoms with Gasteiger partial charge in [-0.2, -0.15) is 0 Å². The molecule has 2 aliphatic heterocycles. The lowest BCUT2D eigenvalue weighted by atomic mass is 9.89. The molecule has 0 aliphatic carbocycles. The maximum Gasteiger partial charge on any atom is 0.310 e. The molecule has 1 amide bonds. The molecule has 39 heavy (non-hydrogen) atoms. The fourth-order valence-electron chi connectivity index (χ4n) is 5.58. The first-order chi connectivity index (χ1) is 19.0. The highest BCUT2D eigenvalue weighted by Gasteiger charge is 2.30. The monoisotopic (exact) mass is 531 g/mol. The lowest BCUT2D eigenvalue weighted by Crippen LogP contribution is -2.38. The number of halogens is 1. The molecule has 0 saturated carbocycles. The minimum Gasteiger partial charge on any atom is -0.493 e. The summed E-state index contributed by atoms with van der Waals surface area (Å²) in [6.07, 6.45) is 1.41. The molecule has 5 rings (SSSR count). The van der Waals surface area contributed by atoms with Crippen LogP contribution in [0.15, 0.2) is 54.6 Å². The molecular formula is C32H34FNO5. The second kappa shape index (κ2) is 12.0. The number of ether oxygens (including phenoxy) is 3. The van der Waals surface area contributed by atoms with Crippen LogP contribution in [0.5, 0.6) is 5.75 Å². The smallest absolute Gasteiger partial charge is 0.310 e. The van der Waals surface area contributed by atoms with Crippen molar-refractivity contribution < 1.29 is 28.2 Å². The third kappa shape index (κ3) is 5.83. The van der Waals surface area contributed by atoms with Crippen molar-refractivity contribution in [2.45, 2.75) is 52.2 Å². The Hall–Kier alpha value is -3.71. The van der Waals surface area contributed by atoms with Crippen LogP contribution in [0, 0.1) is 5.82 Å². The van der Waals surface area contributed by atoms with Crippen LogP contribution >= 0.6 is 0 Å². The van der Waals surface area contributed by atoms with Gasteiger partial charge in [0, 0.05) is 18.7 Å². The zero-order valence-electron chi connectivity index (χ0n) is 22.5. The van der Waals surface area contributed by atoms with E-state index in [4.69, 9.17) is 14.2 Å². The Balaban J connectivity index is 1.41. The molecular weight excluding hydrogens is 497 g/mol. The quantitative estimate of drug-likeness (QED) is 0.355. The number of carbonyl (C=O) groups excluding carboxylic acids is 2. The van der Waals surface area contributed by atoms with E-state index in [1.807, 2.05) is 43.3 Å². The third-order valence-corrected chi connectivity index (χ3v) is 7.45. The maximum atomic E-state index is 15.0. The topological polar surface area (TPSA) is 65.1 Å². The Bertz CT molecular complexity index is 1370. The van der Waals surface area contributed by atoms with E-state index in [2.05, 4.69) is 6.07 Å². The van der Waals surface area contributed by atoms with E-state index >= 15 is 0 Å². The van der Waals surface area contributed by atoms with E-state index in [0.717, 1.165) is 34.2 Å². The van der Waals surface area contributed by atoms with Crippen LogP contribution < -0.4 is 4.74 Å². The molecule has 0 N–H and O–H groups in total. The maximum absolute atomic E-state index is 15.0. The summed E-state index contributed by atoms with van der Waals surface area (Å²) in [4.78, 5) is 27.3. The van der Waals surface area contributed by atoms with E-state index < -0.39 is 0 Å². The van der Waals surface area contributed by atoms with Gasteiger partial charge < -0.3 is 19.1 Å². The van der Waals surface area contributed by atoms with Crippen LogP contribution in [-0.2, 0) is 44.9 Å². The molecule has 7 heteroatoms. The highest BCUT2D eigenvalue weighted by molar-refractivity contribution is 5.80. The minimum absolute atomic E-state index is 0.00706. The Morgan fingerprint density at radius 2 is 1.82 bits per heavy atom. The van der Waals surface area contributed by atoms with Crippen molar-refractivity contribution in [2.24, 2.45) is 0 Å². The van der Waals surface area contributed by atoms with Crippen molar-refractivity contribution in [3.63, 3.8) is 0 Å². The lowest BCUT2D eigenvalue weighted by molar-refractivity contribution is -0.142. The molecule has 0 fully saturated rings. The second-order valence-electron chi connectivity index (χ2n) is 9.88. The summed E-state index contributed by atoms with van der Waals surface area (Å²) >= 11 is 0. The highest BCUT2D eigenvalue weighted by Crippen LogP contribution is 2.38. The zero-order valence-corrected chi connectivity index (χ0v) is 22.5. The van der Waals surface area contributed by atoms with Gasteiger partial charge in [-0.3, -0.25) is 9.59 Å². The van der Waals surface area contributed by atoms with Crippen molar-refractivity contribution in [2.75, 3.05) is 26.4 Å². The SMILES string of the molecule is CCOC(=O)Cc1ccc(-c2ccc(F)c3c2CN(C(=O)CC2OCCc4ccccc42)CC3)c(OCC)c1. The number of carbonyl (C=O) groups is 2. The Morgan fingerprint density at radius 3 is 2.64 bits per heavy atom. The molecule has 0 spiro atoms. The van der Waals surface area contributed by atoms with Crippen molar-refractivity contribution in [3.05, 3.63) is 88.2 Å². The van der Waals surface area contributed by atoms with E-state index in [1.165, 1.54) is 11.6 Å². The normalized spacial score (nSPS) is 16.3. The lowest BCUT2D eigenvalue weighted by Gasteiger charge is -2.33. The van der Waals surface area contributed by atoms with Crippen LogP contribution in [0.25, 0.3) is 11.1 Å². The standard InChI is InChI=1S/C32H34FNO5/c1-3-37-29-17-21(18-32(36)38-4-2)9-10-26(29)24-11-12-28(33)25-13-15-34(20-27(24)25)31(35)19-30-23-8-6-5-7-22(23)14-16-39-30/h5-12,17,30H,3-4,13-16,18-20H2,1-2H3. The Morgan fingerprint density at radius 1 is 1.00 bits per heavy atom. The van der Waals surface area contributed by atoms with Crippen LogP contribution in [0.3, 0.4) is 0 Å². The highest BCUT2D eigenvalue weighted by atomic mass is 19.1. The molecule has 1 unspecified atom stereocenters. The predicted molar refractivity (Wildman–Crippen MR) is 146 cm³/mol. The average Bonchev–Trinajstić information content (AvgIpc) is 2.94. The number of hydrogen-bond acceptors (Lipinski definition) is 5. The zero-order chi connectivity index (χ0) is 27.4. The Kier molecular flexibility index (Phi) is 8.27. The first-order valence-electron chi connectivity index (χ1n) is 13.7. The van der Waals surface area contributed by atoms with Gasteiger partial charge in [0.1, 0.15) is 11.6 Å². The molecule has 204 valence electrons. The number of amides is 1. The van der Waals surface area contributed by atoms with Crippen LogP contribution in [0.2, 0.25) is 0 Å². The van der Waals surface area contributed by atoms with E-state index in [-0.39, 0.29) is 36.6 Å². The third-order valence-electron chi connectivity index (χ3n) is 7.45. The van der Waals surface area contributed by atoms with E-state index in [1.54, 1.807) is 17.9 Å². The van der Waals surface area contributed by atoms with Gasteiger partial charge >= 0.3 is 5.97 Å². The molecule has 0 saturated heterocycles. The van der Waals surface area contributed by atoms with Crippen molar-refractivity contribution in [1.29, 1.82) is 0 Å². The molecule has 1 atom stereocenters. The van der Waals surface area contributed by atoms with Gasteiger partial charge in [-0.15, -0.1) is 0 Å². The summed E-state index contributed by atoms with van der Waals surface area (Å²) in [6.45, 7) is 5.80. The van der Waals surface area contributed by atoms with Gasteiger partial charge in [0.15, 0.2) is 0 Å².